The minimum absolute atomic E-state index is 0.130. The molecule has 0 aliphatic heterocycles. The number of guanidine groups is 1. The predicted octanol–water partition coefficient (Wildman–Crippen LogP) is 2.50. The molecule has 0 aliphatic carbocycles. The highest BCUT2D eigenvalue weighted by atomic mass is 35.5. The zero-order chi connectivity index (χ0) is 14.6. The molecule has 0 heterocycles. The first-order chi connectivity index (χ1) is 8.69. The number of hydrogen-bond acceptors (Lipinski definition) is 3. The van der Waals surface area contributed by atoms with Crippen molar-refractivity contribution >= 4 is 35.4 Å². The van der Waals surface area contributed by atoms with Gasteiger partial charge in [-0.2, -0.15) is 5.10 Å². The second kappa shape index (κ2) is 5.98. The molecule has 0 aliphatic rings. The van der Waals surface area contributed by atoms with E-state index in [-0.39, 0.29) is 21.6 Å². The monoisotopic (exact) mass is 314 g/mol. The molecule has 0 saturated carbocycles. The summed E-state index contributed by atoms with van der Waals surface area (Å²) in [6.07, 6.45) is -3.80. The Morgan fingerprint density at radius 2 is 1.89 bits per heavy atom. The van der Waals surface area contributed by atoms with Gasteiger partial charge in [-0.15, -0.1) is 18.3 Å². The maximum atomic E-state index is 12.1. The van der Waals surface area contributed by atoms with Crippen molar-refractivity contribution in [3.8, 4) is 5.75 Å². The molecule has 10 heteroatoms. The smallest absolute Gasteiger partial charge is 0.404 e. The summed E-state index contributed by atoms with van der Waals surface area (Å²) in [5, 5.41) is 6.21. The van der Waals surface area contributed by atoms with Gasteiger partial charge in [0.1, 0.15) is 10.8 Å². The predicted molar refractivity (Wildman–Crippen MR) is 66.5 cm³/mol. The number of halogens is 5. The fraction of sp³-hybridized carbons (Fsp3) is 0.111. The highest BCUT2D eigenvalue weighted by Gasteiger charge is 2.32. The summed E-state index contributed by atoms with van der Waals surface area (Å²) in [4.78, 5) is 0. The lowest BCUT2D eigenvalue weighted by Gasteiger charge is -2.11. The van der Waals surface area contributed by atoms with E-state index in [2.05, 4.69) is 14.9 Å². The van der Waals surface area contributed by atoms with Gasteiger partial charge in [-0.25, -0.2) is 0 Å². The molecule has 0 radical (unpaired) electrons. The second-order valence-corrected chi connectivity index (χ2v) is 3.92. The zero-order valence-electron chi connectivity index (χ0n) is 9.08. The van der Waals surface area contributed by atoms with E-state index in [1.807, 2.05) is 0 Å². The molecule has 104 valence electrons. The largest absolute Gasteiger partial charge is 0.573 e. The fourth-order valence-electron chi connectivity index (χ4n) is 1.02. The Hall–Kier alpha value is -1.67. The van der Waals surface area contributed by atoms with Gasteiger partial charge in [0.25, 0.3) is 0 Å². The van der Waals surface area contributed by atoms with Crippen molar-refractivity contribution < 1.29 is 17.9 Å². The van der Waals surface area contributed by atoms with E-state index in [1.165, 1.54) is 6.07 Å². The summed E-state index contributed by atoms with van der Waals surface area (Å²) in [6.45, 7) is 0. The van der Waals surface area contributed by atoms with Crippen LogP contribution in [0.15, 0.2) is 22.3 Å². The quantitative estimate of drug-likeness (QED) is 0.510. The first-order valence-corrected chi connectivity index (χ1v) is 5.31. The molecular formula is C9H7Cl2F3N4O. The lowest BCUT2D eigenvalue weighted by molar-refractivity contribution is -0.274. The van der Waals surface area contributed by atoms with Gasteiger partial charge in [0, 0.05) is 0 Å². The fourth-order valence-corrected chi connectivity index (χ4v) is 1.39. The first-order valence-electron chi connectivity index (χ1n) is 4.56. The van der Waals surface area contributed by atoms with Gasteiger partial charge in [-0.05, 0) is 17.7 Å². The molecule has 0 saturated heterocycles. The number of nitrogens with two attached hydrogens (primary N) is 2. The van der Waals surface area contributed by atoms with Crippen LogP contribution in [0.5, 0.6) is 5.75 Å². The van der Waals surface area contributed by atoms with E-state index in [1.54, 1.807) is 0 Å². The molecule has 1 aromatic carbocycles. The van der Waals surface area contributed by atoms with Crippen LogP contribution < -0.4 is 16.2 Å². The van der Waals surface area contributed by atoms with Crippen molar-refractivity contribution in [1.29, 1.82) is 0 Å². The number of benzene rings is 1. The number of nitrogens with zero attached hydrogens (tertiary/aromatic N) is 2. The van der Waals surface area contributed by atoms with Crippen LogP contribution in [0.3, 0.4) is 0 Å². The first kappa shape index (κ1) is 15.4. The molecule has 0 amide bonds. The summed E-state index contributed by atoms with van der Waals surface area (Å²) in [5.41, 5.74) is 10.2. The topological polar surface area (TPSA) is 86.0 Å². The Morgan fingerprint density at radius 1 is 1.26 bits per heavy atom. The molecule has 0 spiro atoms. The van der Waals surface area contributed by atoms with Crippen LogP contribution in [0.2, 0.25) is 10.0 Å². The van der Waals surface area contributed by atoms with Crippen LogP contribution in [0.4, 0.5) is 13.2 Å². The molecule has 0 unspecified atom stereocenters. The third-order valence-electron chi connectivity index (χ3n) is 1.62. The summed E-state index contributed by atoms with van der Waals surface area (Å²) >= 11 is 11.2. The zero-order valence-corrected chi connectivity index (χ0v) is 10.6. The van der Waals surface area contributed by atoms with Crippen LogP contribution in [-0.4, -0.2) is 18.5 Å². The van der Waals surface area contributed by atoms with Crippen molar-refractivity contribution in [1.82, 2.24) is 0 Å². The van der Waals surface area contributed by atoms with Gasteiger partial charge in [-0.3, -0.25) is 0 Å². The van der Waals surface area contributed by atoms with E-state index in [0.717, 1.165) is 12.3 Å². The molecule has 0 aromatic heterocycles. The normalized spacial score (nSPS) is 11.6. The lowest BCUT2D eigenvalue weighted by atomic mass is 10.2. The van der Waals surface area contributed by atoms with Gasteiger partial charge < -0.3 is 16.2 Å². The van der Waals surface area contributed by atoms with E-state index in [4.69, 9.17) is 34.7 Å². The molecule has 0 bridgehead atoms. The van der Waals surface area contributed by atoms with Crippen LogP contribution in [0.25, 0.3) is 0 Å². The van der Waals surface area contributed by atoms with Crippen LogP contribution >= 0.6 is 23.2 Å². The average Bonchev–Trinajstić information content (AvgIpc) is 2.22. The van der Waals surface area contributed by atoms with Crippen molar-refractivity contribution in [3.63, 3.8) is 0 Å². The van der Waals surface area contributed by atoms with Gasteiger partial charge >= 0.3 is 6.36 Å². The van der Waals surface area contributed by atoms with Crippen molar-refractivity contribution in [2.45, 2.75) is 6.36 Å². The summed E-state index contributed by atoms with van der Waals surface area (Å²) < 4.78 is 40.1. The maximum Gasteiger partial charge on any atom is 0.573 e. The second-order valence-electron chi connectivity index (χ2n) is 3.13. The van der Waals surface area contributed by atoms with Crippen molar-refractivity contribution in [3.05, 3.63) is 27.7 Å². The Balaban J connectivity index is 3.09. The summed E-state index contributed by atoms with van der Waals surface area (Å²) in [7, 11) is 0. The van der Waals surface area contributed by atoms with Gasteiger partial charge in [0.05, 0.1) is 11.2 Å². The molecule has 0 atom stereocenters. The molecular weight excluding hydrogens is 308 g/mol. The molecule has 1 rings (SSSR count). The molecule has 0 fully saturated rings. The number of rotatable bonds is 3. The SMILES string of the molecule is NC(N)=NN=Cc1cc(Cl)c(Cl)c(OC(F)(F)F)c1. The van der Waals surface area contributed by atoms with E-state index >= 15 is 0 Å². The van der Waals surface area contributed by atoms with Gasteiger partial charge in [0.2, 0.25) is 5.96 Å². The minimum atomic E-state index is -4.89. The molecule has 19 heavy (non-hydrogen) atoms. The highest BCUT2D eigenvalue weighted by molar-refractivity contribution is 6.43. The molecule has 5 nitrogen and oxygen atoms in total. The number of ether oxygens (including phenoxy) is 1. The van der Waals surface area contributed by atoms with E-state index in [9.17, 15) is 13.2 Å². The van der Waals surface area contributed by atoms with Crippen molar-refractivity contribution in [2.24, 2.45) is 21.7 Å². The molecule has 1 aromatic rings. The van der Waals surface area contributed by atoms with E-state index in [0.29, 0.717) is 0 Å². The standard InChI is InChI=1S/C9H7Cl2F3N4O/c10-5-1-4(3-17-18-8(15)16)2-6(7(5)11)19-9(12,13)14/h1-3H,(H4,15,16,18). The van der Waals surface area contributed by atoms with Crippen molar-refractivity contribution in [2.75, 3.05) is 0 Å². The average molecular weight is 315 g/mol. The van der Waals surface area contributed by atoms with Crippen LogP contribution in [0, 0.1) is 0 Å². The lowest BCUT2D eigenvalue weighted by Crippen LogP contribution is -2.21. The van der Waals surface area contributed by atoms with Crippen LogP contribution in [-0.2, 0) is 0 Å². The maximum absolute atomic E-state index is 12.1. The Morgan fingerprint density at radius 3 is 2.42 bits per heavy atom. The Bertz CT molecular complexity index is 527. The molecule has 4 N–H and O–H groups in total. The summed E-state index contributed by atoms with van der Waals surface area (Å²) in [6, 6.07) is 2.27. The van der Waals surface area contributed by atoms with Gasteiger partial charge in [-0.1, -0.05) is 23.2 Å². The number of hydrogen-bond donors (Lipinski definition) is 2. The van der Waals surface area contributed by atoms with Crippen LogP contribution in [0.1, 0.15) is 5.56 Å². The third-order valence-corrected chi connectivity index (χ3v) is 2.41. The van der Waals surface area contributed by atoms with Gasteiger partial charge in [0.15, 0.2) is 0 Å². The van der Waals surface area contributed by atoms with E-state index < -0.39 is 12.1 Å². The number of alkyl halides is 3. The Kier molecular flexibility index (Phi) is 4.84. The summed E-state index contributed by atoms with van der Waals surface area (Å²) in [5.74, 6) is -0.948. The Labute approximate surface area is 115 Å². The highest BCUT2D eigenvalue weighted by Crippen LogP contribution is 2.36. The minimum Gasteiger partial charge on any atom is -0.404 e. The third kappa shape index (κ3) is 5.23.